The molecule has 0 amide bonds. The maximum Gasteiger partial charge on any atom is 0.326 e. The summed E-state index contributed by atoms with van der Waals surface area (Å²) in [6.45, 7) is 4.06. The highest BCUT2D eigenvalue weighted by atomic mass is 32.2. The van der Waals surface area contributed by atoms with Gasteiger partial charge in [-0.05, 0) is 23.6 Å². The fraction of sp³-hybridized carbons (Fsp3) is 0.333. The van der Waals surface area contributed by atoms with Gasteiger partial charge in [-0.1, -0.05) is 49.3 Å². The fourth-order valence-corrected chi connectivity index (χ4v) is 6.98. The molecule has 0 saturated heterocycles. The molecular formula is C21H20F2N2O5S2. The van der Waals surface area contributed by atoms with E-state index in [-0.39, 0.29) is 9.90 Å². The topological polar surface area (TPSA) is 110 Å². The number of thiophene rings is 1. The molecule has 1 aliphatic carbocycles. The van der Waals surface area contributed by atoms with Gasteiger partial charge in [-0.2, -0.15) is 13.5 Å². The summed E-state index contributed by atoms with van der Waals surface area (Å²) in [6, 6.07) is 12.6. The summed E-state index contributed by atoms with van der Waals surface area (Å²) >= 11 is 0.783. The van der Waals surface area contributed by atoms with Crippen LogP contribution in [0.3, 0.4) is 0 Å². The Balaban J connectivity index is 1.66. The maximum atomic E-state index is 13.4. The van der Waals surface area contributed by atoms with Crippen LogP contribution in [0.25, 0.3) is 10.6 Å². The average molecular weight is 483 g/mol. The van der Waals surface area contributed by atoms with Crippen LogP contribution < -0.4 is 4.72 Å². The number of aromatic nitrogens is 1. The lowest BCUT2D eigenvalue weighted by molar-refractivity contribution is -0.141. The van der Waals surface area contributed by atoms with Crippen LogP contribution in [-0.2, 0) is 26.2 Å². The van der Waals surface area contributed by atoms with Gasteiger partial charge in [0, 0.05) is 18.4 Å². The molecule has 2 aromatic heterocycles. The highest BCUT2D eigenvalue weighted by Gasteiger charge is 2.78. The molecule has 0 radical (unpaired) electrons. The van der Waals surface area contributed by atoms with Crippen molar-refractivity contribution in [1.29, 1.82) is 0 Å². The van der Waals surface area contributed by atoms with Crippen LogP contribution in [0.15, 0.2) is 57.3 Å². The Hall–Kier alpha value is -2.63. The fourth-order valence-electron chi connectivity index (χ4n) is 4.21. The Morgan fingerprint density at radius 2 is 1.91 bits per heavy atom. The summed E-state index contributed by atoms with van der Waals surface area (Å²) in [7, 11) is -4.24. The number of halogens is 2. The van der Waals surface area contributed by atoms with Crippen molar-refractivity contribution in [1.82, 2.24) is 9.88 Å². The molecule has 0 aliphatic heterocycles. The molecule has 1 fully saturated rings. The Morgan fingerprint density at radius 3 is 2.47 bits per heavy atom. The third-order valence-electron chi connectivity index (χ3n) is 6.30. The zero-order valence-corrected chi connectivity index (χ0v) is 18.9. The van der Waals surface area contributed by atoms with Crippen molar-refractivity contribution in [3.8, 4) is 10.6 Å². The van der Waals surface area contributed by atoms with Crippen LogP contribution in [-0.4, -0.2) is 30.2 Å². The molecule has 7 nitrogen and oxygen atoms in total. The smallest absolute Gasteiger partial charge is 0.326 e. The monoisotopic (exact) mass is 482 g/mol. The van der Waals surface area contributed by atoms with Crippen LogP contribution in [0, 0.1) is 5.92 Å². The molecule has 0 bridgehead atoms. The summed E-state index contributed by atoms with van der Waals surface area (Å²) in [6.07, 6.45) is 0. The van der Waals surface area contributed by atoms with Crippen molar-refractivity contribution in [3.05, 3.63) is 59.9 Å². The lowest BCUT2D eigenvalue weighted by atomic mass is 9.92. The first-order chi connectivity index (χ1) is 14.8. The standard InChI is InChI=1S/C21H20F2N2O5S2/c1-12-19(2,13-7-5-4-6-8-13)21(12,18(26)27)25-32(28,29)17-10-9-15(31-17)14-11-16(30-24-14)20(3,22)23/h4-12,25H,1-3H3,(H,26,27)/t12?,19-,21-/m1/s1. The second-order valence-electron chi connectivity index (χ2n) is 8.09. The van der Waals surface area contributed by atoms with Gasteiger partial charge >= 0.3 is 11.9 Å². The number of hydrogen-bond acceptors (Lipinski definition) is 6. The van der Waals surface area contributed by atoms with E-state index in [2.05, 4.69) is 14.4 Å². The molecule has 11 heteroatoms. The van der Waals surface area contributed by atoms with E-state index in [1.54, 1.807) is 44.2 Å². The third-order valence-corrected chi connectivity index (χ3v) is 9.37. The van der Waals surface area contributed by atoms with E-state index >= 15 is 0 Å². The molecule has 4 rings (SSSR count). The normalized spacial score (nSPS) is 25.6. The van der Waals surface area contributed by atoms with Gasteiger partial charge in [-0.3, -0.25) is 4.79 Å². The van der Waals surface area contributed by atoms with Crippen molar-refractivity contribution in [2.75, 3.05) is 0 Å². The van der Waals surface area contributed by atoms with Gasteiger partial charge < -0.3 is 9.63 Å². The zero-order chi connectivity index (χ0) is 23.5. The van der Waals surface area contributed by atoms with E-state index in [0.717, 1.165) is 17.4 Å². The molecule has 3 atom stereocenters. The summed E-state index contributed by atoms with van der Waals surface area (Å²) in [5.41, 5.74) is -1.92. The van der Waals surface area contributed by atoms with Crippen LogP contribution >= 0.6 is 11.3 Å². The predicted octanol–water partition coefficient (Wildman–Crippen LogP) is 4.22. The second kappa shape index (κ2) is 7.19. The molecule has 1 aromatic carbocycles. The van der Waals surface area contributed by atoms with Crippen LogP contribution in [0.5, 0.6) is 0 Å². The first kappa shape index (κ1) is 22.6. The minimum absolute atomic E-state index is 0.0647. The van der Waals surface area contributed by atoms with Crippen molar-refractivity contribution in [2.24, 2.45) is 5.92 Å². The van der Waals surface area contributed by atoms with E-state index in [0.29, 0.717) is 17.4 Å². The number of carboxylic acids is 1. The first-order valence-electron chi connectivity index (χ1n) is 9.62. The summed E-state index contributed by atoms with van der Waals surface area (Å²) in [5.74, 6) is -5.66. The van der Waals surface area contributed by atoms with E-state index in [1.165, 1.54) is 12.1 Å². The van der Waals surface area contributed by atoms with Gasteiger partial charge in [0.05, 0.1) is 4.88 Å². The number of carbonyl (C=O) groups is 1. The molecule has 2 heterocycles. The Bertz CT molecular complexity index is 1280. The van der Waals surface area contributed by atoms with Crippen molar-refractivity contribution in [3.63, 3.8) is 0 Å². The second-order valence-corrected chi connectivity index (χ2v) is 11.1. The molecule has 1 saturated carbocycles. The SMILES string of the molecule is CC1[C@](C)(c2ccccc2)[C@]1(NS(=O)(=O)c1ccc(-c2cc(C(C)(F)F)on2)s1)C(=O)O. The number of carboxylic acid groups (broad SMARTS) is 1. The number of nitrogens with one attached hydrogen (secondary N) is 1. The summed E-state index contributed by atoms with van der Waals surface area (Å²) in [4.78, 5) is 12.6. The quantitative estimate of drug-likeness (QED) is 0.522. The van der Waals surface area contributed by atoms with Crippen LogP contribution in [0.1, 0.15) is 32.1 Å². The van der Waals surface area contributed by atoms with Crippen LogP contribution in [0.2, 0.25) is 0 Å². The number of sulfonamides is 1. The van der Waals surface area contributed by atoms with Gasteiger partial charge in [-0.25, -0.2) is 8.42 Å². The molecule has 1 aliphatic rings. The molecule has 1 unspecified atom stereocenters. The number of rotatable bonds is 7. The molecule has 32 heavy (non-hydrogen) atoms. The van der Waals surface area contributed by atoms with E-state index in [9.17, 15) is 27.1 Å². The first-order valence-corrected chi connectivity index (χ1v) is 11.9. The average Bonchev–Trinajstić information content (AvgIpc) is 3.24. The van der Waals surface area contributed by atoms with Gasteiger partial charge in [-0.15, -0.1) is 11.3 Å². The predicted molar refractivity (Wildman–Crippen MR) is 113 cm³/mol. The van der Waals surface area contributed by atoms with Crippen molar-refractivity contribution in [2.45, 2.75) is 41.9 Å². The lowest BCUT2D eigenvalue weighted by Crippen LogP contribution is -2.48. The molecule has 0 spiro atoms. The third kappa shape index (κ3) is 3.26. The number of hydrogen-bond donors (Lipinski definition) is 2. The van der Waals surface area contributed by atoms with Gasteiger partial charge in [0.25, 0.3) is 10.0 Å². The van der Waals surface area contributed by atoms with E-state index in [4.69, 9.17) is 0 Å². The number of nitrogens with zero attached hydrogens (tertiary/aromatic N) is 1. The van der Waals surface area contributed by atoms with Crippen LogP contribution in [0.4, 0.5) is 8.78 Å². The van der Waals surface area contributed by atoms with E-state index < -0.39 is 44.5 Å². The molecule has 3 aromatic rings. The summed E-state index contributed by atoms with van der Waals surface area (Å²) < 4.78 is 60.0. The Kier molecular flexibility index (Phi) is 5.07. The van der Waals surface area contributed by atoms with Gasteiger partial charge in [0.2, 0.25) is 5.76 Å². The molecular weight excluding hydrogens is 462 g/mol. The largest absolute Gasteiger partial charge is 0.480 e. The minimum Gasteiger partial charge on any atom is -0.480 e. The lowest BCUT2D eigenvalue weighted by Gasteiger charge is -2.20. The zero-order valence-electron chi connectivity index (χ0n) is 17.3. The molecule has 170 valence electrons. The van der Waals surface area contributed by atoms with E-state index in [1.807, 2.05) is 0 Å². The Morgan fingerprint density at radius 1 is 1.25 bits per heavy atom. The highest BCUT2D eigenvalue weighted by molar-refractivity contribution is 7.91. The highest BCUT2D eigenvalue weighted by Crippen LogP contribution is 2.63. The van der Waals surface area contributed by atoms with Gasteiger partial charge in [0.1, 0.15) is 15.4 Å². The molecule has 2 N–H and O–H groups in total. The van der Waals surface area contributed by atoms with Crippen molar-refractivity contribution >= 4 is 27.3 Å². The Labute approximate surface area is 187 Å². The number of aliphatic carboxylic acids is 1. The number of benzene rings is 1. The number of alkyl halides is 2. The minimum atomic E-state index is -4.24. The maximum absolute atomic E-state index is 13.4. The van der Waals surface area contributed by atoms with Crippen molar-refractivity contribution < 1.29 is 31.6 Å². The van der Waals surface area contributed by atoms with Gasteiger partial charge in [0.15, 0.2) is 0 Å². The summed E-state index contributed by atoms with van der Waals surface area (Å²) in [5, 5.41) is 13.6.